The van der Waals surface area contributed by atoms with Crippen LogP contribution in [0.15, 0.2) is 36.4 Å². The Balaban J connectivity index is 1.24. The molecule has 6 nitrogen and oxygen atoms in total. The number of nitrogens with zero attached hydrogens (tertiary/aromatic N) is 2. The van der Waals surface area contributed by atoms with Gasteiger partial charge in [-0.15, -0.1) is 0 Å². The van der Waals surface area contributed by atoms with Crippen LogP contribution < -0.4 is 14.4 Å². The Morgan fingerprint density at radius 1 is 1.00 bits per heavy atom. The first-order valence-electron chi connectivity index (χ1n) is 11.4. The highest BCUT2D eigenvalue weighted by atomic mass is 35.5. The maximum absolute atomic E-state index is 11.4. The Bertz CT molecular complexity index is 971. The molecule has 0 saturated carbocycles. The fourth-order valence-electron chi connectivity index (χ4n) is 4.74. The average molecular weight is 493 g/mol. The molecule has 1 N–H and O–H groups in total. The molecule has 178 valence electrons. The zero-order chi connectivity index (χ0) is 23.4. The predicted octanol–water partition coefficient (Wildman–Crippen LogP) is 5.46. The van der Waals surface area contributed by atoms with Gasteiger partial charge in [-0.3, -0.25) is 0 Å². The Kier molecular flexibility index (Phi) is 7.89. The van der Waals surface area contributed by atoms with E-state index in [9.17, 15) is 9.90 Å². The Hall–Kier alpha value is -2.15. The van der Waals surface area contributed by atoms with E-state index in [1.807, 2.05) is 6.07 Å². The van der Waals surface area contributed by atoms with Crippen LogP contribution in [0.3, 0.4) is 0 Å². The van der Waals surface area contributed by atoms with E-state index in [2.05, 4.69) is 9.80 Å². The molecule has 0 atom stereocenters. The molecule has 2 saturated heterocycles. The Morgan fingerprint density at radius 2 is 1.73 bits per heavy atom. The van der Waals surface area contributed by atoms with Crippen molar-refractivity contribution in [1.29, 1.82) is 0 Å². The number of likely N-dealkylation sites (tertiary alicyclic amines) is 1. The van der Waals surface area contributed by atoms with Crippen LogP contribution in [-0.4, -0.2) is 61.9 Å². The molecule has 0 unspecified atom stereocenters. The number of ether oxygens (including phenoxy) is 2. The summed E-state index contributed by atoms with van der Waals surface area (Å²) in [5.74, 6) is 1.22. The Labute approximate surface area is 205 Å². The highest BCUT2D eigenvalue weighted by Crippen LogP contribution is 2.33. The van der Waals surface area contributed by atoms with Crippen LogP contribution in [0.5, 0.6) is 11.5 Å². The third kappa shape index (κ3) is 6.05. The number of carboxylic acids is 1. The molecule has 0 aromatic heterocycles. The first-order valence-corrected chi connectivity index (χ1v) is 12.2. The van der Waals surface area contributed by atoms with Gasteiger partial charge in [0.1, 0.15) is 17.6 Å². The molecule has 2 heterocycles. The van der Waals surface area contributed by atoms with E-state index >= 15 is 0 Å². The number of anilines is 1. The molecule has 0 amide bonds. The van der Waals surface area contributed by atoms with Gasteiger partial charge >= 0.3 is 5.97 Å². The fraction of sp³-hybridized carbons (Fsp3) is 0.480. The molecule has 8 heteroatoms. The second-order valence-electron chi connectivity index (χ2n) is 8.82. The first-order chi connectivity index (χ1) is 15.9. The van der Waals surface area contributed by atoms with Gasteiger partial charge in [0, 0.05) is 38.8 Å². The lowest BCUT2D eigenvalue weighted by molar-refractivity contribution is 0.0697. The Morgan fingerprint density at radius 3 is 2.36 bits per heavy atom. The maximum atomic E-state index is 11.4. The molecule has 2 fully saturated rings. The molecule has 0 aliphatic carbocycles. The number of halogens is 2. The summed E-state index contributed by atoms with van der Waals surface area (Å²) in [4.78, 5) is 16.2. The van der Waals surface area contributed by atoms with Gasteiger partial charge in [-0.1, -0.05) is 23.2 Å². The number of hydrogen-bond acceptors (Lipinski definition) is 5. The number of aromatic carboxylic acids is 1. The maximum Gasteiger partial charge on any atom is 0.335 e. The fourth-order valence-corrected chi connectivity index (χ4v) is 5.03. The molecule has 2 aliphatic heterocycles. The van der Waals surface area contributed by atoms with E-state index in [0.717, 1.165) is 75.6 Å². The van der Waals surface area contributed by atoms with Gasteiger partial charge < -0.3 is 24.4 Å². The zero-order valence-corrected chi connectivity index (χ0v) is 20.3. The third-order valence-corrected chi connectivity index (χ3v) is 7.36. The molecule has 2 aromatic rings. The molecule has 0 spiro atoms. The van der Waals surface area contributed by atoms with E-state index in [-0.39, 0.29) is 6.10 Å². The van der Waals surface area contributed by atoms with Crippen molar-refractivity contribution in [1.82, 2.24) is 4.90 Å². The molecular weight excluding hydrogens is 463 g/mol. The highest BCUT2D eigenvalue weighted by Gasteiger charge is 2.27. The molecule has 4 rings (SSSR count). The smallest absolute Gasteiger partial charge is 0.335 e. The van der Waals surface area contributed by atoms with Crippen molar-refractivity contribution in [2.45, 2.75) is 31.8 Å². The monoisotopic (exact) mass is 492 g/mol. The van der Waals surface area contributed by atoms with Gasteiger partial charge in [0.15, 0.2) is 0 Å². The second-order valence-corrected chi connectivity index (χ2v) is 9.63. The summed E-state index contributed by atoms with van der Waals surface area (Å²) in [6.45, 7) is 4.96. The van der Waals surface area contributed by atoms with Gasteiger partial charge in [0.05, 0.1) is 28.4 Å². The quantitative estimate of drug-likeness (QED) is 0.553. The number of methoxy groups -OCH3 is 1. The van der Waals surface area contributed by atoms with Crippen LogP contribution in [0.4, 0.5) is 5.69 Å². The largest absolute Gasteiger partial charge is 0.495 e. The molecule has 0 radical (unpaired) electrons. The summed E-state index contributed by atoms with van der Waals surface area (Å²) in [7, 11) is 1.63. The zero-order valence-electron chi connectivity index (χ0n) is 18.8. The molecule has 0 bridgehead atoms. The van der Waals surface area contributed by atoms with E-state index in [4.69, 9.17) is 32.7 Å². The van der Waals surface area contributed by atoms with Crippen LogP contribution >= 0.6 is 23.2 Å². The number of hydrogen-bond donors (Lipinski definition) is 1. The summed E-state index contributed by atoms with van der Waals surface area (Å²) in [5, 5.41) is 10.4. The summed E-state index contributed by atoms with van der Waals surface area (Å²) in [6, 6.07) is 10.5. The van der Waals surface area contributed by atoms with Crippen molar-refractivity contribution in [3.05, 3.63) is 52.0 Å². The van der Waals surface area contributed by atoms with Crippen molar-refractivity contribution >= 4 is 34.9 Å². The number of carbonyl (C=O) groups is 1. The van der Waals surface area contributed by atoms with E-state index in [1.54, 1.807) is 37.4 Å². The molecular formula is C25H30Cl2N2O4. The minimum absolute atomic E-state index is 0.203. The summed E-state index contributed by atoms with van der Waals surface area (Å²) < 4.78 is 11.6. The van der Waals surface area contributed by atoms with Crippen LogP contribution in [-0.2, 0) is 0 Å². The third-order valence-electron chi connectivity index (χ3n) is 6.63. The molecule has 2 aliphatic rings. The lowest BCUT2D eigenvalue weighted by Gasteiger charge is -2.38. The number of rotatable bonds is 7. The van der Waals surface area contributed by atoms with Crippen LogP contribution in [0, 0.1) is 5.92 Å². The summed E-state index contributed by atoms with van der Waals surface area (Å²) in [5.41, 5.74) is 1.16. The van der Waals surface area contributed by atoms with Gasteiger partial charge in [-0.05, 0) is 61.9 Å². The minimum Gasteiger partial charge on any atom is -0.495 e. The topological polar surface area (TPSA) is 62.2 Å². The van der Waals surface area contributed by atoms with Crippen molar-refractivity contribution in [2.24, 2.45) is 5.92 Å². The van der Waals surface area contributed by atoms with Crippen LogP contribution in [0.2, 0.25) is 10.0 Å². The lowest BCUT2D eigenvalue weighted by Crippen LogP contribution is -2.43. The van der Waals surface area contributed by atoms with Crippen LogP contribution in [0.1, 0.15) is 36.0 Å². The molecule has 33 heavy (non-hydrogen) atoms. The van der Waals surface area contributed by atoms with Gasteiger partial charge in [0.25, 0.3) is 0 Å². The number of benzene rings is 2. The molecule has 2 aromatic carbocycles. The van der Waals surface area contributed by atoms with Gasteiger partial charge in [0.2, 0.25) is 0 Å². The number of piperidine rings is 2. The number of carboxylic acid groups (broad SMARTS) is 1. The van der Waals surface area contributed by atoms with E-state index in [1.165, 1.54) is 0 Å². The van der Waals surface area contributed by atoms with E-state index in [0.29, 0.717) is 21.5 Å². The highest BCUT2D eigenvalue weighted by molar-refractivity contribution is 6.42. The first kappa shape index (κ1) is 24.0. The SMILES string of the molecule is COc1ccc(C(=O)O)cc1N1CCC(CN2CCC(Oc3ccc(Cl)c(Cl)c3)CC2)CC1. The average Bonchev–Trinajstić information content (AvgIpc) is 2.83. The lowest BCUT2D eigenvalue weighted by atomic mass is 9.94. The summed E-state index contributed by atoms with van der Waals surface area (Å²) >= 11 is 12.1. The van der Waals surface area contributed by atoms with Crippen molar-refractivity contribution in [2.75, 3.05) is 44.7 Å². The standard InChI is InChI=1S/C25H30Cl2N2O4/c1-32-24-5-2-18(25(30)31)14-23(24)29-12-6-17(7-13-29)16-28-10-8-19(9-11-28)33-20-3-4-21(26)22(27)15-20/h2-5,14-15,17,19H,6-13,16H2,1H3,(H,30,31). The van der Waals surface area contributed by atoms with Crippen molar-refractivity contribution in [3.63, 3.8) is 0 Å². The van der Waals surface area contributed by atoms with Crippen LogP contribution in [0.25, 0.3) is 0 Å². The normalized spacial score (nSPS) is 18.3. The minimum atomic E-state index is -0.916. The summed E-state index contributed by atoms with van der Waals surface area (Å²) in [6.07, 6.45) is 4.37. The van der Waals surface area contributed by atoms with E-state index < -0.39 is 5.97 Å². The second kappa shape index (κ2) is 10.9. The van der Waals surface area contributed by atoms with Crippen molar-refractivity contribution < 1.29 is 19.4 Å². The van der Waals surface area contributed by atoms with Gasteiger partial charge in [-0.25, -0.2) is 4.79 Å². The van der Waals surface area contributed by atoms with Crippen molar-refractivity contribution in [3.8, 4) is 11.5 Å². The van der Waals surface area contributed by atoms with Gasteiger partial charge in [-0.2, -0.15) is 0 Å². The predicted molar refractivity (Wildman–Crippen MR) is 131 cm³/mol.